The van der Waals surface area contributed by atoms with Gasteiger partial charge in [-0.05, 0) is 53.3 Å². The second kappa shape index (κ2) is 8.11. The van der Waals surface area contributed by atoms with E-state index >= 15 is 0 Å². The van der Waals surface area contributed by atoms with E-state index in [2.05, 4.69) is 38.2 Å². The maximum absolute atomic E-state index is 13.5. The van der Waals surface area contributed by atoms with Crippen LogP contribution in [0.15, 0.2) is 36.4 Å². The number of hydrogen-bond donors (Lipinski definition) is 2. The number of thiol groups is 1. The Bertz CT molecular complexity index is 1140. The van der Waals surface area contributed by atoms with Gasteiger partial charge in [0.1, 0.15) is 5.82 Å². The van der Waals surface area contributed by atoms with Gasteiger partial charge in [-0.1, -0.05) is 18.2 Å². The number of carbonyl (C=O) groups is 2. The Labute approximate surface area is 198 Å². The number of amides is 2. The molecule has 0 aliphatic carbocycles. The second-order valence-electron chi connectivity index (χ2n) is 9.61. The Morgan fingerprint density at radius 1 is 1.06 bits per heavy atom. The summed E-state index contributed by atoms with van der Waals surface area (Å²) in [5.74, 6) is -0.555. The molecule has 0 saturated carbocycles. The molecule has 0 bridgehead atoms. The standard InChI is InChI=1S/C25H27FN4O2S/c26-18-3-4-21-16(10-18)7-8-29(21)19-13-28(14-19)11-15-1-2-17-12-30(25(33)20(17)9-15)22-5-6-23(31)27-24(22)32/h1-4,9-10,19,22,25,33H,5-8,11-14H2,(H,27,31,32). The average Bonchev–Trinajstić information content (AvgIpc) is 3.31. The van der Waals surface area contributed by atoms with Gasteiger partial charge in [0, 0.05) is 44.8 Å². The van der Waals surface area contributed by atoms with Crippen molar-refractivity contribution in [3.63, 3.8) is 0 Å². The molecule has 2 unspecified atom stereocenters. The van der Waals surface area contributed by atoms with Crippen LogP contribution in [0.25, 0.3) is 0 Å². The first-order valence-electron chi connectivity index (χ1n) is 11.6. The third kappa shape index (κ3) is 3.74. The molecule has 33 heavy (non-hydrogen) atoms. The number of nitrogens with one attached hydrogen (secondary N) is 1. The molecule has 0 radical (unpaired) electrons. The third-order valence-corrected chi connectivity index (χ3v) is 8.10. The minimum absolute atomic E-state index is 0.144. The van der Waals surface area contributed by atoms with Crippen molar-refractivity contribution in [2.24, 2.45) is 0 Å². The fourth-order valence-corrected chi connectivity index (χ4v) is 6.25. The van der Waals surface area contributed by atoms with E-state index in [4.69, 9.17) is 12.6 Å². The van der Waals surface area contributed by atoms with E-state index in [1.807, 2.05) is 6.07 Å². The molecule has 4 aliphatic rings. The molecule has 4 aliphatic heterocycles. The van der Waals surface area contributed by atoms with Gasteiger partial charge >= 0.3 is 0 Å². The molecule has 8 heteroatoms. The lowest BCUT2D eigenvalue weighted by Crippen LogP contribution is -2.58. The quantitative estimate of drug-likeness (QED) is 0.536. The predicted molar refractivity (Wildman–Crippen MR) is 126 cm³/mol. The van der Waals surface area contributed by atoms with Crippen LogP contribution in [-0.4, -0.2) is 53.3 Å². The molecule has 6 rings (SSSR count). The van der Waals surface area contributed by atoms with Crippen molar-refractivity contribution in [1.82, 2.24) is 15.1 Å². The van der Waals surface area contributed by atoms with Gasteiger partial charge in [0.05, 0.1) is 17.5 Å². The van der Waals surface area contributed by atoms with Gasteiger partial charge < -0.3 is 4.90 Å². The molecule has 2 aromatic rings. The maximum Gasteiger partial charge on any atom is 0.243 e. The van der Waals surface area contributed by atoms with Crippen LogP contribution in [0.3, 0.4) is 0 Å². The molecular formula is C25H27FN4O2S. The van der Waals surface area contributed by atoms with E-state index in [0.717, 1.165) is 43.7 Å². The van der Waals surface area contributed by atoms with Crippen molar-refractivity contribution in [2.45, 2.75) is 49.8 Å². The predicted octanol–water partition coefficient (Wildman–Crippen LogP) is 2.62. The van der Waals surface area contributed by atoms with Crippen molar-refractivity contribution in [2.75, 3.05) is 24.5 Å². The van der Waals surface area contributed by atoms with Crippen molar-refractivity contribution in [3.05, 3.63) is 64.5 Å². The van der Waals surface area contributed by atoms with E-state index in [0.29, 0.717) is 25.4 Å². The van der Waals surface area contributed by atoms with Gasteiger partial charge in [0.15, 0.2) is 0 Å². The van der Waals surface area contributed by atoms with Crippen LogP contribution in [-0.2, 0) is 29.1 Å². The highest BCUT2D eigenvalue weighted by Crippen LogP contribution is 2.40. The number of likely N-dealkylation sites (tertiary alicyclic amines) is 1. The van der Waals surface area contributed by atoms with Crippen LogP contribution in [0.2, 0.25) is 0 Å². The highest BCUT2D eigenvalue weighted by atomic mass is 32.1. The van der Waals surface area contributed by atoms with Crippen LogP contribution < -0.4 is 10.2 Å². The largest absolute Gasteiger partial charge is 0.365 e. The van der Waals surface area contributed by atoms with Crippen molar-refractivity contribution in [1.29, 1.82) is 0 Å². The molecule has 1 N–H and O–H groups in total. The van der Waals surface area contributed by atoms with E-state index in [9.17, 15) is 14.0 Å². The molecule has 0 aromatic heterocycles. The van der Waals surface area contributed by atoms with Crippen LogP contribution in [0.5, 0.6) is 0 Å². The van der Waals surface area contributed by atoms with Gasteiger partial charge in [-0.25, -0.2) is 4.39 Å². The topological polar surface area (TPSA) is 55.9 Å². The highest BCUT2D eigenvalue weighted by Gasteiger charge is 2.39. The van der Waals surface area contributed by atoms with Crippen LogP contribution in [0, 0.1) is 5.82 Å². The molecular weight excluding hydrogens is 439 g/mol. The minimum atomic E-state index is -0.311. The summed E-state index contributed by atoms with van der Waals surface area (Å²) in [5.41, 5.74) is 5.91. The number of nitrogens with zero attached hydrogens (tertiary/aromatic N) is 3. The zero-order chi connectivity index (χ0) is 22.7. The molecule has 2 fully saturated rings. The maximum atomic E-state index is 13.5. The van der Waals surface area contributed by atoms with Gasteiger partial charge in [-0.3, -0.25) is 24.7 Å². The summed E-state index contributed by atoms with van der Waals surface area (Å²) in [5, 5.41) is 2.32. The Morgan fingerprint density at radius 3 is 2.73 bits per heavy atom. The van der Waals surface area contributed by atoms with Crippen LogP contribution >= 0.6 is 12.6 Å². The summed E-state index contributed by atoms with van der Waals surface area (Å²) in [7, 11) is 0. The number of anilines is 1. The second-order valence-corrected chi connectivity index (χ2v) is 10.1. The normalized spacial score (nSPS) is 25.7. The zero-order valence-electron chi connectivity index (χ0n) is 18.3. The average molecular weight is 467 g/mol. The van der Waals surface area contributed by atoms with Crippen LogP contribution in [0.4, 0.5) is 10.1 Å². The first-order chi connectivity index (χ1) is 16.0. The lowest BCUT2D eigenvalue weighted by molar-refractivity contribution is -0.137. The molecule has 2 saturated heterocycles. The first kappa shape index (κ1) is 21.1. The first-order valence-corrected chi connectivity index (χ1v) is 12.1. The fourth-order valence-electron chi connectivity index (χ4n) is 5.77. The monoisotopic (exact) mass is 466 g/mol. The number of benzene rings is 2. The van der Waals surface area contributed by atoms with Crippen molar-refractivity contribution < 1.29 is 14.0 Å². The number of imide groups is 1. The van der Waals surface area contributed by atoms with Gasteiger partial charge in [0.2, 0.25) is 11.8 Å². The van der Waals surface area contributed by atoms with Crippen molar-refractivity contribution >= 4 is 30.1 Å². The van der Waals surface area contributed by atoms with E-state index in [-0.39, 0.29) is 29.0 Å². The fraction of sp³-hybridized carbons (Fsp3) is 0.440. The Kier molecular flexibility index (Phi) is 5.19. The molecule has 6 nitrogen and oxygen atoms in total. The summed E-state index contributed by atoms with van der Waals surface area (Å²) >= 11 is 4.84. The summed E-state index contributed by atoms with van der Waals surface area (Å²) in [4.78, 5) is 30.8. The summed E-state index contributed by atoms with van der Waals surface area (Å²) in [6.45, 7) is 4.53. The number of rotatable bonds is 4. The summed E-state index contributed by atoms with van der Waals surface area (Å²) < 4.78 is 13.5. The Hall–Kier alpha value is -2.42. The number of fused-ring (bicyclic) bond motifs is 2. The summed E-state index contributed by atoms with van der Waals surface area (Å²) in [6.07, 6.45) is 1.84. The number of carbonyl (C=O) groups excluding carboxylic acids is 2. The van der Waals surface area contributed by atoms with Crippen molar-refractivity contribution in [3.8, 4) is 0 Å². The van der Waals surface area contributed by atoms with E-state index in [1.165, 1.54) is 16.8 Å². The smallest absolute Gasteiger partial charge is 0.243 e. The lowest BCUT2D eigenvalue weighted by atomic mass is 10.0. The molecule has 2 amide bonds. The van der Waals surface area contributed by atoms with E-state index < -0.39 is 0 Å². The van der Waals surface area contributed by atoms with Gasteiger partial charge in [-0.2, -0.15) is 12.6 Å². The number of hydrogen-bond acceptors (Lipinski definition) is 6. The highest BCUT2D eigenvalue weighted by molar-refractivity contribution is 7.80. The number of piperidine rings is 1. The van der Waals surface area contributed by atoms with Gasteiger partial charge in [0.25, 0.3) is 0 Å². The van der Waals surface area contributed by atoms with Crippen LogP contribution in [0.1, 0.15) is 40.5 Å². The van der Waals surface area contributed by atoms with Gasteiger partial charge in [-0.15, -0.1) is 0 Å². The Balaban J connectivity index is 1.09. The zero-order valence-corrected chi connectivity index (χ0v) is 19.2. The SMILES string of the molecule is O=C1CCC(N2Cc3ccc(CN4CC(N5CCc6cc(F)ccc65)C4)cc3C2S)C(=O)N1. The molecule has 4 heterocycles. The lowest BCUT2D eigenvalue weighted by Gasteiger charge is -2.45. The number of halogens is 1. The molecule has 172 valence electrons. The molecule has 0 spiro atoms. The molecule has 2 aromatic carbocycles. The third-order valence-electron chi connectivity index (χ3n) is 7.52. The Morgan fingerprint density at radius 2 is 1.91 bits per heavy atom. The minimum Gasteiger partial charge on any atom is -0.365 e. The summed E-state index contributed by atoms with van der Waals surface area (Å²) in [6, 6.07) is 11.9. The van der Waals surface area contributed by atoms with E-state index in [1.54, 1.807) is 12.1 Å². The molecule has 2 atom stereocenters.